The molecule has 15 heavy (non-hydrogen) atoms. The topological polar surface area (TPSA) is 59.6 Å². The molecule has 0 aromatic carbocycles. The van der Waals surface area contributed by atoms with Gasteiger partial charge in [-0.15, -0.1) is 0 Å². The van der Waals surface area contributed by atoms with E-state index in [1.165, 1.54) is 0 Å². The molecule has 0 unspecified atom stereocenters. The highest BCUT2D eigenvalue weighted by molar-refractivity contribution is 5.76. The molecule has 0 fully saturated rings. The minimum atomic E-state index is -0.114. The molecule has 0 bridgehead atoms. The Kier molecular flexibility index (Phi) is 9.46. The van der Waals surface area contributed by atoms with E-state index >= 15 is 0 Å². The first kappa shape index (κ1) is 14.3. The number of hydrogen-bond acceptors (Lipinski definition) is 4. The minimum absolute atomic E-state index is 0.101. The predicted molar refractivity (Wildman–Crippen MR) is 58.8 cm³/mol. The zero-order valence-corrected chi connectivity index (χ0v) is 9.84. The number of likely N-dealkylation sites (N-methyl/N-ethyl adjacent to an activating group) is 1. The van der Waals surface area contributed by atoms with Crippen molar-refractivity contribution in [3.05, 3.63) is 0 Å². The number of carbonyl (C=O) groups is 1. The van der Waals surface area contributed by atoms with Gasteiger partial charge in [-0.3, -0.25) is 4.79 Å². The summed E-state index contributed by atoms with van der Waals surface area (Å²) < 4.78 is 10.3. The highest BCUT2D eigenvalue weighted by Crippen LogP contribution is 1.80. The standard InChI is InChI=1S/C10H22N2O3/c1-9(2)12-4-5-14-6-7-15-8-10(13)11-3/h9,12H,4-8H2,1-3H3,(H,11,13). The van der Waals surface area contributed by atoms with Gasteiger partial charge in [-0.1, -0.05) is 13.8 Å². The first-order chi connectivity index (χ1) is 7.16. The summed E-state index contributed by atoms with van der Waals surface area (Å²) in [6.07, 6.45) is 0. The van der Waals surface area contributed by atoms with Gasteiger partial charge in [0.15, 0.2) is 0 Å². The Morgan fingerprint density at radius 1 is 1.20 bits per heavy atom. The summed E-state index contributed by atoms with van der Waals surface area (Å²) in [6.45, 7) is 6.77. The quantitative estimate of drug-likeness (QED) is 0.525. The second kappa shape index (κ2) is 9.89. The van der Waals surface area contributed by atoms with Crippen LogP contribution in [0.25, 0.3) is 0 Å². The van der Waals surface area contributed by atoms with Crippen LogP contribution in [0, 0.1) is 0 Å². The minimum Gasteiger partial charge on any atom is -0.378 e. The maximum Gasteiger partial charge on any atom is 0.245 e. The first-order valence-electron chi connectivity index (χ1n) is 5.26. The molecule has 0 aliphatic carbocycles. The molecular formula is C10H22N2O3. The summed E-state index contributed by atoms with van der Waals surface area (Å²) in [5.41, 5.74) is 0. The molecule has 0 aromatic rings. The molecule has 0 heterocycles. The summed E-state index contributed by atoms with van der Waals surface area (Å²) in [5.74, 6) is -0.114. The molecule has 0 atom stereocenters. The van der Waals surface area contributed by atoms with Gasteiger partial charge < -0.3 is 20.1 Å². The van der Waals surface area contributed by atoms with E-state index in [9.17, 15) is 4.79 Å². The summed E-state index contributed by atoms with van der Waals surface area (Å²) in [7, 11) is 1.58. The van der Waals surface area contributed by atoms with E-state index in [-0.39, 0.29) is 12.5 Å². The average Bonchev–Trinajstić information content (AvgIpc) is 2.21. The Hall–Kier alpha value is -0.650. The number of hydrogen-bond donors (Lipinski definition) is 2. The fraction of sp³-hybridized carbons (Fsp3) is 0.900. The van der Waals surface area contributed by atoms with Gasteiger partial charge in [-0.2, -0.15) is 0 Å². The molecule has 0 rings (SSSR count). The number of carbonyl (C=O) groups excluding carboxylic acids is 1. The van der Waals surface area contributed by atoms with Gasteiger partial charge in [0.1, 0.15) is 6.61 Å². The van der Waals surface area contributed by atoms with Crippen molar-refractivity contribution < 1.29 is 14.3 Å². The fourth-order valence-corrected chi connectivity index (χ4v) is 0.877. The predicted octanol–water partition coefficient (Wildman–Crippen LogP) is -0.236. The highest BCUT2D eigenvalue weighted by Gasteiger charge is 1.96. The van der Waals surface area contributed by atoms with Crippen LogP contribution in [0.1, 0.15) is 13.8 Å². The monoisotopic (exact) mass is 218 g/mol. The van der Waals surface area contributed by atoms with Gasteiger partial charge in [0.2, 0.25) is 5.91 Å². The van der Waals surface area contributed by atoms with Crippen LogP contribution in [0.5, 0.6) is 0 Å². The molecule has 0 aliphatic heterocycles. The molecule has 90 valence electrons. The van der Waals surface area contributed by atoms with E-state index in [2.05, 4.69) is 24.5 Å². The van der Waals surface area contributed by atoms with Gasteiger partial charge in [-0.05, 0) is 0 Å². The highest BCUT2D eigenvalue weighted by atomic mass is 16.5. The normalized spacial score (nSPS) is 10.7. The third-order valence-corrected chi connectivity index (χ3v) is 1.68. The van der Waals surface area contributed by atoms with Gasteiger partial charge in [0, 0.05) is 19.6 Å². The van der Waals surface area contributed by atoms with E-state index in [0.29, 0.717) is 25.9 Å². The molecule has 0 saturated heterocycles. The van der Waals surface area contributed by atoms with Gasteiger partial charge in [0.05, 0.1) is 19.8 Å². The van der Waals surface area contributed by atoms with Crippen molar-refractivity contribution in [3.63, 3.8) is 0 Å². The smallest absolute Gasteiger partial charge is 0.245 e. The SMILES string of the molecule is CNC(=O)COCCOCCNC(C)C. The third kappa shape index (κ3) is 11.3. The van der Waals surface area contributed by atoms with Gasteiger partial charge in [0.25, 0.3) is 0 Å². The second-order valence-corrected chi connectivity index (χ2v) is 3.45. The van der Waals surface area contributed by atoms with E-state index in [1.807, 2.05) is 0 Å². The Labute approximate surface area is 91.5 Å². The van der Waals surface area contributed by atoms with E-state index in [4.69, 9.17) is 9.47 Å². The molecule has 0 radical (unpaired) electrons. The van der Waals surface area contributed by atoms with E-state index in [1.54, 1.807) is 7.05 Å². The molecule has 1 amide bonds. The molecule has 0 saturated carbocycles. The molecule has 2 N–H and O–H groups in total. The third-order valence-electron chi connectivity index (χ3n) is 1.68. The lowest BCUT2D eigenvalue weighted by Gasteiger charge is -2.08. The molecule has 0 aliphatic rings. The van der Waals surface area contributed by atoms with Gasteiger partial charge in [-0.25, -0.2) is 0 Å². The number of nitrogens with one attached hydrogen (secondary N) is 2. The Balaban J connectivity index is 3.02. The van der Waals surface area contributed by atoms with E-state index < -0.39 is 0 Å². The van der Waals surface area contributed by atoms with Gasteiger partial charge >= 0.3 is 0 Å². The molecular weight excluding hydrogens is 196 g/mol. The largest absolute Gasteiger partial charge is 0.378 e. The number of ether oxygens (including phenoxy) is 2. The van der Waals surface area contributed by atoms with Crippen molar-refractivity contribution in [2.45, 2.75) is 19.9 Å². The zero-order chi connectivity index (χ0) is 11.5. The maximum atomic E-state index is 10.7. The summed E-state index contributed by atoms with van der Waals surface area (Å²) in [6, 6.07) is 0.484. The van der Waals surface area contributed by atoms with Crippen LogP contribution < -0.4 is 10.6 Å². The van der Waals surface area contributed by atoms with Crippen LogP contribution in [0.3, 0.4) is 0 Å². The van der Waals surface area contributed by atoms with Crippen LogP contribution in [-0.4, -0.2) is 52.0 Å². The molecule has 5 heteroatoms. The van der Waals surface area contributed by atoms with Crippen molar-refractivity contribution in [3.8, 4) is 0 Å². The fourth-order valence-electron chi connectivity index (χ4n) is 0.877. The van der Waals surface area contributed by atoms with Crippen LogP contribution >= 0.6 is 0 Å². The van der Waals surface area contributed by atoms with Crippen molar-refractivity contribution >= 4 is 5.91 Å². The Bertz CT molecular complexity index is 163. The molecule has 5 nitrogen and oxygen atoms in total. The number of rotatable bonds is 9. The lowest BCUT2D eigenvalue weighted by Crippen LogP contribution is -2.27. The zero-order valence-electron chi connectivity index (χ0n) is 9.84. The van der Waals surface area contributed by atoms with Crippen LogP contribution in [0.2, 0.25) is 0 Å². The van der Waals surface area contributed by atoms with Crippen LogP contribution in [0.15, 0.2) is 0 Å². The summed E-state index contributed by atoms with van der Waals surface area (Å²) >= 11 is 0. The summed E-state index contributed by atoms with van der Waals surface area (Å²) in [4.78, 5) is 10.7. The lowest BCUT2D eigenvalue weighted by atomic mass is 10.4. The molecule has 0 aromatic heterocycles. The van der Waals surface area contributed by atoms with Crippen molar-refractivity contribution in [2.75, 3.05) is 40.0 Å². The van der Waals surface area contributed by atoms with Crippen molar-refractivity contribution in [2.24, 2.45) is 0 Å². The van der Waals surface area contributed by atoms with Crippen molar-refractivity contribution in [1.82, 2.24) is 10.6 Å². The lowest BCUT2D eigenvalue weighted by molar-refractivity contribution is -0.125. The second-order valence-electron chi connectivity index (χ2n) is 3.45. The summed E-state index contributed by atoms with van der Waals surface area (Å²) in [5, 5.41) is 5.71. The molecule has 0 spiro atoms. The van der Waals surface area contributed by atoms with Crippen LogP contribution in [-0.2, 0) is 14.3 Å². The Morgan fingerprint density at radius 3 is 2.47 bits per heavy atom. The first-order valence-corrected chi connectivity index (χ1v) is 5.26. The number of amides is 1. The maximum absolute atomic E-state index is 10.7. The Morgan fingerprint density at radius 2 is 1.87 bits per heavy atom. The van der Waals surface area contributed by atoms with Crippen LogP contribution in [0.4, 0.5) is 0 Å². The van der Waals surface area contributed by atoms with E-state index in [0.717, 1.165) is 6.54 Å². The van der Waals surface area contributed by atoms with Crippen molar-refractivity contribution in [1.29, 1.82) is 0 Å². The average molecular weight is 218 g/mol.